The molecule has 98 valence electrons. The number of benzene rings is 1. The number of nitrogens with one attached hydrogen (secondary N) is 1. The number of carboxylic acids is 1. The van der Waals surface area contributed by atoms with Gasteiger partial charge in [0, 0.05) is 5.69 Å². The summed E-state index contributed by atoms with van der Waals surface area (Å²) in [4.78, 5) is 15.6. The first kappa shape index (κ1) is 13.1. The first-order valence-electron chi connectivity index (χ1n) is 6.02. The summed E-state index contributed by atoms with van der Waals surface area (Å²) in [5, 5.41) is 12.4. The fourth-order valence-corrected chi connectivity index (χ4v) is 1.91. The van der Waals surface area contributed by atoms with Crippen LogP contribution < -0.4 is 5.32 Å². The molecular weight excluding hydrogens is 240 g/mol. The van der Waals surface area contributed by atoms with Gasteiger partial charge in [-0.25, -0.2) is 4.79 Å². The van der Waals surface area contributed by atoms with Gasteiger partial charge in [0.05, 0.1) is 22.6 Å². The van der Waals surface area contributed by atoms with E-state index in [1.165, 1.54) is 0 Å². The molecule has 19 heavy (non-hydrogen) atoms. The molecule has 0 radical (unpaired) electrons. The van der Waals surface area contributed by atoms with Crippen molar-refractivity contribution < 1.29 is 9.90 Å². The Morgan fingerprint density at radius 3 is 2.42 bits per heavy atom. The lowest BCUT2D eigenvalue weighted by molar-refractivity contribution is 0.0698. The predicted molar refractivity (Wildman–Crippen MR) is 75.1 cm³/mol. The molecule has 0 atom stereocenters. The highest BCUT2D eigenvalue weighted by Crippen LogP contribution is 2.24. The summed E-state index contributed by atoms with van der Waals surface area (Å²) in [6.07, 6.45) is 0. The average Bonchev–Trinajstić information content (AvgIpc) is 2.34. The molecule has 0 aliphatic heterocycles. The van der Waals surface area contributed by atoms with Gasteiger partial charge >= 0.3 is 5.97 Å². The third-order valence-electron chi connectivity index (χ3n) is 2.90. The van der Waals surface area contributed by atoms with Crippen LogP contribution in [-0.2, 0) is 0 Å². The van der Waals surface area contributed by atoms with Crippen LogP contribution in [-0.4, -0.2) is 16.1 Å². The molecule has 0 unspecified atom stereocenters. The topological polar surface area (TPSA) is 62.2 Å². The van der Waals surface area contributed by atoms with E-state index >= 15 is 0 Å². The van der Waals surface area contributed by atoms with Crippen molar-refractivity contribution in [2.45, 2.75) is 20.8 Å². The van der Waals surface area contributed by atoms with E-state index in [-0.39, 0.29) is 5.56 Å². The maximum Gasteiger partial charge on any atom is 0.337 e. The highest BCUT2D eigenvalue weighted by atomic mass is 16.4. The molecule has 0 amide bonds. The number of pyridine rings is 1. The standard InChI is InChI=1S/C15H16N2O2/c1-9-4-6-14(12(8-9)15(18)19)17-13-7-5-10(2)16-11(13)3/h4-8,17H,1-3H3,(H,18,19). The number of carbonyl (C=O) groups is 1. The molecule has 0 saturated carbocycles. The SMILES string of the molecule is Cc1ccc(Nc2ccc(C)nc2C)c(C(=O)O)c1. The van der Waals surface area contributed by atoms with Crippen LogP contribution in [0, 0.1) is 20.8 Å². The van der Waals surface area contributed by atoms with E-state index in [1.807, 2.05) is 39.0 Å². The van der Waals surface area contributed by atoms with Crippen LogP contribution in [0.1, 0.15) is 27.3 Å². The van der Waals surface area contributed by atoms with Crippen molar-refractivity contribution >= 4 is 17.3 Å². The predicted octanol–water partition coefficient (Wildman–Crippen LogP) is 3.45. The highest BCUT2D eigenvalue weighted by molar-refractivity contribution is 5.95. The van der Waals surface area contributed by atoms with Gasteiger partial charge in [0.2, 0.25) is 0 Å². The average molecular weight is 256 g/mol. The molecule has 0 aliphatic carbocycles. The zero-order valence-corrected chi connectivity index (χ0v) is 11.2. The van der Waals surface area contributed by atoms with Gasteiger partial charge < -0.3 is 10.4 Å². The van der Waals surface area contributed by atoms with Gasteiger partial charge in [0.25, 0.3) is 0 Å². The minimum Gasteiger partial charge on any atom is -0.478 e. The Bertz CT molecular complexity index is 636. The number of nitrogens with zero attached hydrogens (tertiary/aromatic N) is 1. The molecule has 4 heteroatoms. The van der Waals surface area contributed by atoms with Gasteiger partial charge in [0.15, 0.2) is 0 Å². The maximum absolute atomic E-state index is 11.2. The van der Waals surface area contributed by atoms with Gasteiger partial charge in [0.1, 0.15) is 0 Å². The van der Waals surface area contributed by atoms with Crippen LogP contribution in [0.15, 0.2) is 30.3 Å². The van der Waals surface area contributed by atoms with Crippen molar-refractivity contribution in [3.63, 3.8) is 0 Å². The molecule has 0 saturated heterocycles. The first-order chi connectivity index (χ1) is 8.97. The molecule has 2 aromatic rings. The minimum atomic E-state index is -0.941. The third-order valence-corrected chi connectivity index (χ3v) is 2.90. The molecule has 1 aromatic carbocycles. The summed E-state index contributed by atoms with van der Waals surface area (Å²) < 4.78 is 0. The summed E-state index contributed by atoms with van der Waals surface area (Å²) in [6.45, 7) is 5.68. The molecular formula is C15H16N2O2. The van der Waals surface area contributed by atoms with E-state index in [9.17, 15) is 9.90 Å². The lowest BCUT2D eigenvalue weighted by Crippen LogP contribution is -2.04. The van der Waals surface area contributed by atoms with Crippen molar-refractivity contribution in [3.05, 3.63) is 52.8 Å². The number of carboxylic acid groups (broad SMARTS) is 1. The number of aryl methyl sites for hydroxylation is 3. The van der Waals surface area contributed by atoms with Gasteiger partial charge in [-0.05, 0) is 45.0 Å². The number of rotatable bonds is 3. The van der Waals surface area contributed by atoms with Crippen LogP contribution in [0.2, 0.25) is 0 Å². The fraction of sp³-hybridized carbons (Fsp3) is 0.200. The smallest absolute Gasteiger partial charge is 0.337 e. The molecule has 0 aliphatic rings. The lowest BCUT2D eigenvalue weighted by atomic mass is 10.1. The van der Waals surface area contributed by atoms with Gasteiger partial charge in [-0.15, -0.1) is 0 Å². The number of anilines is 2. The molecule has 2 N–H and O–H groups in total. The van der Waals surface area contributed by atoms with Crippen molar-refractivity contribution in [2.24, 2.45) is 0 Å². The van der Waals surface area contributed by atoms with Crippen LogP contribution in [0.5, 0.6) is 0 Å². The fourth-order valence-electron chi connectivity index (χ4n) is 1.91. The number of hydrogen-bond donors (Lipinski definition) is 2. The van der Waals surface area contributed by atoms with E-state index in [2.05, 4.69) is 10.3 Å². The normalized spacial score (nSPS) is 10.3. The Balaban J connectivity index is 2.40. The molecule has 4 nitrogen and oxygen atoms in total. The molecule has 0 spiro atoms. The second-order valence-electron chi connectivity index (χ2n) is 4.56. The van der Waals surface area contributed by atoms with Gasteiger partial charge in [-0.3, -0.25) is 4.98 Å². The van der Waals surface area contributed by atoms with Crippen LogP contribution in [0.3, 0.4) is 0 Å². The van der Waals surface area contributed by atoms with E-state index < -0.39 is 5.97 Å². The zero-order chi connectivity index (χ0) is 14.0. The minimum absolute atomic E-state index is 0.264. The summed E-state index contributed by atoms with van der Waals surface area (Å²) in [7, 11) is 0. The van der Waals surface area contributed by atoms with E-state index in [0.717, 1.165) is 22.6 Å². The quantitative estimate of drug-likeness (QED) is 0.883. The molecule has 2 rings (SSSR count). The van der Waals surface area contributed by atoms with Crippen molar-refractivity contribution in [3.8, 4) is 0 Å². The van der Waals surface area contributed by atoms with Crippen LogP contribution >= 0.6 is 0 Å². The number of aromatic nitrogens is 1. The summed E-state index contributed by atoms with van der Waals surface area (Å²) in [5.74, 6) is -0.941. The highest BCUT2D eigenvalue weighted by Gasteiger charge is 2.11. The van der Waals surface area contributed by atoms with Crippen molar-refractivity contribution in [1.29, 1.82) is 0 Å². The van der Waals surface area contributed by atoms with Gasteiger partial charge in [-0.1, -0.05) is 11.6 Å². The number of aromatic carboxylic acids is 1. The molecule has 0 fully saturated rings. The van der Waals surface area contributed by atoms with Crippen LogP contribution in [0.4, 0.5) is 11.4 Å². The Morgan fingerprint density at radius 1 is 1.11 bits per heavy atom. The molecule has 0 bridgehead atoms. The second kappa shape index (κ2) is 5.10. The Kier molecular flexibility index (Phi) is 3.51. The summed E-state index contributed by atoms with van der Waals surface area (Å²) >= 11 is 0. The second-order valence-corrected chi connectivity index (χ2v) is 4.56. The largest absolute Gasteiger partial charge is 0.478 e. The lowest BCUT2D eigenvalue weighted by Gasteiger charge is -2.12. The Morgan fingerprint density at radius 2 is 1.79 bits per heavy atom. The number of hydrogen-bond acceptors (Lipinski definition) is 3. The Hall–Kier alpha value is -2.36. The zero-order valence-electron chi connectivity index (χ0n) is 11.2. The maximum atomic E-state index is 11.2. The molecule has 1 heterocycles. The summed E-state index contributed by atoms with van der Waals surface area (Å²) in [6, 6.07) is 9.11. The Labute approximate surface area is 112 Å². The monoisotopic (exact) mass is 256 g/mol. The van der Waals surface area contributed by atoms with E-state index in [0.29, 0.717) is 5.69 Å². The van der Waals surface area contributed by atoms with E-state index in [1.54, 1.807) is 12.1 Å². The first-order valence-corrected chi connectivity index (χ1v) is 6.02. The van der Waals surface area contributed by atoms with Gasteiger partial charge in [-0.2, -0.15) is 0 Å². The molecule has 1 aromatic heterocycles. The summed E-state index contributed by atoms with van der Waals surface area (Å²) in [5.41, 5.74) is 4.35. The van der Waals surface area contributed by atoms with Crippen molar-refractivity contribution in [1.82, 2.24) is 4.98 Å². The van der Waals surface area contributed by atoms with Crippen molar-refractivity contribution in [2.75, 3.05) is 5.32 Å². The van der Waals surface area contributed by atoms with Crippen LogP contribution in [0.25, 0.3) is 0 Å². The van der Waals surface area contributed by atoms with E-state index in [4.69, 9.17) is 0 Å². The third kappa shape index (κ3) is 2.91.